The molecule has 16 heteroatoms. The zero-order valence-electron chi connectivity index (χ0n) is 18.2. The number of hydrogen-bond acceptors (Lipinski definition) is 8. The number of nitrogens with two attached hydrogens (primary N) is 1. The summed E-state index contributed by atoms with van der Waals surface area (Å²) < 4.78 is 59.2. The summed E-state index contributed by atoms with van der Waals surface area (Å²) >= 11 is 0. The number of carbonyl (C=O) groups is 1. The predicted molar refractivity (Wildman–Crippen MR) is 113 cm³/mol. The van der Waals surface area contributed by atoms with Crippen molar-refractivity contribution in [1.29, 1.82) is 0 Å². The number of halogens is 5. The standard InChI is InChI=1S/C17H18F2N8O.C2HF3O2/c1-25(2)14-4-3-11(6-22-14)13-7-23-15(8-21-13)26-10-24-27(17(26)28)9-12(5-20)16(18)19;3-2(4,5)1(6)7/h3-4,6-8,10H,5,9,20H2,1-2H3;(H,6,7). The number of rotatable bonds is 6. The summed E-state index contributed by atoms with van der Waals surface area (Å²) in [5.41, 5.74) is 5.64. The lowest BCUT2D eigenvalue weighted by molar-refractivity contribution is -0.192. The largest absolute Gasteiger partial charge is 0.490 e. The SMILES string of the molecule is CN(C)c1ccc(-c2cnc(-n3cnn(CC(CN)=C(F)F)c3=O)cn2)cn1.O=C(O)C(F)(F)F. The van der Waals surface area contributed by atoms with Gasteiger partial charge in [-0.1, -0.05) is 0 Å². The first-order valence-electron chi connectivity index (χ1n) is 9.49. The average molecular weight is 502 g/mol. The fraction of sp³-hybridized carbons (Fsp3) is 0.263. The van der Waals surface area contributed by atoms with Crippen LogP contribution in [0.5, 0.6) is 0 Å². The summed E-state index contributed by atoms with van der Waals surface area (Å²) in [4.78, 5) is 36.0. The molecule has 3 heterocycles. The summed E-state index contributed by atoms with van der Waals surface area (Å²) in [6, 6.07) is 3.72. The van der Waals surface area contributed by atoms with Crippen LogP contribution in [0.3, 0.4) is 0 Å². The van der Waals surface area contributed by atoms with E-state index in [1.165, 1.54) is 18.7 Å². The maximum absolute atomic E-state index is 12.7. The number of alkyl halides is 3. The van der Waals surface area contributed by atoms with Crippen molar-refractivity contribution in [2.24, 2.45) is 5.73 Å². The Kier molecular flexibility index (Phi) is 8.71. The van der Waals surface area contributed by atoms with Gasteiger partial charge < -0.3 is 15.7 Å². The van der Waals surface area contributed by atoms with E-state index in [-0.39, 0.29) is 24.5 Å². The van der Waals surface area contributed by atoms with E-state index in [9.17, 15) is 26.7 Å². The van der Waals surface area contributed by atoms with Crippen LogP contribution < -0.4 is 16.3 Å². The third-order valence-corrected chi connectivity index (χ3v) is 4.22. The van der Waals surface area contributed by atoms with E-state index in [1.807, 2.05) is 31.1 Å². The Bertz CT molecular complexity index is 1230. The van der Waals surface area contributed by atoms with E-state index in [0.29, 0.717) is 5.69 Å². The number of carboxylic acid groups (broad SMARTS) is 1. The fourth-order valence-electron chi connectivity index (χ4n) is 2.38. The van der Waals surface area contributed by atoms with Gasteiger partial charge in [0.15, 0.2) is 5.82 Å². The quantitative estimate of drug-likeness (QED) is 0.481. The van der Waals surface area contributed by atoms with Crippen molar-refractivity contribution in [3.8, 4) is 17.1 Å². The highest BCUT2D eigenvalue weighted by atomic mass is 19.4. The molecule has 0 amide bonds. The lowest BCUT2D eigenvalue weighted by Gasteiger charge is -2.11. The lowest BCUT2D eigenvalue weighted by Crippen LogP contribution is -2.26. The second-order valence-electron chi connectivity index (χ2n) is 6.87. The minimum absolute atomic E-state index is 0.219. The Balaban J connectivity index is 0.000000540. The molecule has 188 valence electrons. The lowest BCUT2D eigenvalue weighted by atomic mass is 10.2. The smallest absolute Gasteiger partial charge is 0.475 e. The van der Waals surface area contributed by atoms with Gasteiger partial charge in [-0.15, -0.1) is 0 Å². The Labute approximate surface area is 194 Å². The molecular formula is C19H19F5N8O3. The molecule has 0 aliphatic rings. The van der Waals surface area contributed by atoms with Crippen molar-refractivity contribution in [2.45, 2.75) is 12.7 Å². The van der Waals surface area contributed by atoms with E-state index in [0.717, 1.165) is 20.6 Å². The van der Waals surface area contributed by atoms with Gasteiger partial charge in [0.05, 0.1) is 24.6 Å². The highest BCUT2D eigenvalue weighted by Gasteiger charge is 2.38. The van der Waals surface area contributed by atoms with Crippen LogP contribution in [0, 0.1) is 0 Å². The molecular weight excluding hydrogens is 483 g/mol. The first kappa shape index (κ1) is 27.0. The van der Waals surface area contributed by atoms with Crippen molar-refractivity contribution < 1.29 is 31.9 Å². The van der Waals surface area contributed by atoms with Crippen LogP contribution >= 0.6 is 0 Å². The first-order valence-corrected chi connectivity index (χ1v) is 9.49. The second kappa shape index (κ2) is 11.3. The third-order valence-electron chi connectivity index (χ3n) is 4.22. The molecule has 0 aromatic carbocycles. The highest BCUT2D eigenvalue weighted by Crippen LogP contribution is 2.18. The van der Waals surface area contributed by atoms with Crippen molar-refractivity contribution >= 4 is 11.8 Å². The maximum Gasteiger partial charge on any atom is 0.490 e. The normalized spacial score (nSPS) is 10.9. The molecule has 35 heavy (non-hydrogen) atoms. The van der Waals surface area contributed by atoms with Crippen LogP contribution in [0.25, 0.3) is 17.1 Å². The molecule has 0 fully saturated rings. The third kappa shape index (κ3) is 7.13. The molecule has 0 atom stereocenters. The van der Waals surface area contributed by atoms with Gasteiger partial charge in [-0.25, -0.2) is 28.8 Å². The Morgan fingerprint density at radius 1 is 1.11 bits per heavy atom. The predicted octanol–water partition coefficient (Wildman–Crippen LogP) is 1.69. The van der Waals surface area contributed by atoms with Crippen LogP contribution in [0.15, 0.2) is 53.5 Å². The molecule has 3 N–H and O–H groups in total. The summed E-state index contributed by atoms with van der Waals surface area (Å²) in [5, 5.41) is 11.0. The minimum atomic E-state index is -5.08. The molecule has 0 radical (unpaired) electrons. The van der Waals surface area contributed by atoms with Crippen molar-refractivity contribution in [1.82, 2.24) is 29.3 Å². The molecule has 3 aromatic heterocycles. The molecule has 3 rings (SSSR count). The van der Waals surface area contributed by atoms with Crippen molar-refractivity contribution in [2.75, 3.05) is 25.5 Å². The fourth-order valence-corrected chi connectivity index (χ4v) is 2.38. The summed E-state index contributed by atoms with van der Waals surface area (Å²) in [6.07, 6.45) is -1.23. The molecule has 11 nitrogen and oxygen atoms in total. The van der Waals surface area contributed by atoms with E-state index in [1.54, 1.807) is 6.20 Å². The molecule has 0 aliphatic carbocycles. The zero-order chi connectivity index (χ0) is 26.3. The zero-order valence-corrected chi connectivity index (χ0v) is 18.2. The molecule has 0 spiro atoms. The van der Waals surface area contributed by atoms with Gasteiger partial charge in [0.25, 0.3) is 6.08 Å². The summed E-state index contributed by atoms with van der Waals surface area (Å²) in [6.45, 7) is -0.753. The average Bonchev–Trinajstić information content (AvgIpc) is 3.17. The molecule has 3 aromatic rings. The molecule has 0 saturated carbocycles. The van der Waals surface area contributed by atoms with Gasteiger partial charge in [-0.3, -0.25) is 4.98 Å². The Hall–Kier alpha value is -4.21. The molecule has 0 saturated heterocycles. The van der Waals surface area contributed by atoms with Crippen LogP contribution in [0.2, 0.25) is 0 Å². The van der Waals surface area contributed by atoms with Gasteiger partial charge in [0.2, 0.25) is 0 Å². The number of pyridine rings is 1. The van der Waals surface area contributed by atoms with Crippen LogP contribution in [-0.2, 0) is 11.3 Å². The van der Waals surface area contributed by atoms with Gasteiger partial charge in [0.1, 0.15) is 12.1 Å². The Morgan fingerprint density at radius 2 is 1.77 bits per heavy atom. The minimum Gasteiger partial charge on any atom is -0.475 e. The van der Waals surface area contributed by atoms with Crippen molar-refractivity contribution in [3.63, 3.8) is 0 Å². The summed E-state index contributed by atoms with van der Waals surface area (Å²) in [5.74, 6) is -1.73. The van der Waals surface area contributed by atoms with Crippen molar-refractivity contribution in [3.05, 3.63) is 59.2 Å². The maximum atomic E-state index is 12.7. The van der Waals surface area contributed by atoms with E-state index in [4.69, 9.17) is 15.6 Å². The molecule has 0 unspecified atom stereocenters. The number of nitrogens with zero attached hydrogens (tertiary/aromatic N) is 7. The number of carboxylic acids is 1. The van der Waals surface area contributed by atoms with E-state index in [2.05, 4.69) is 20.1 Å². The van der Waals surface area contributed by atoms with E-state index >= 15 is 0 Å². The highest BCUT2D eigenvalue weighted by molar-refractivity contribution is 5.73. The van der Waals surface area contributed by atoms with Crippen LogP contribution in [-0.4, -0.2) is 67.2 Å². The number of aromatic nitrogens is 6. The number of anilines is 1. The number of aliphatic carboxylic acids is 1. The molecule has 0 aliphatic heterocycles. The molecule has 0 bridgehead atoms. The number of hydrogen-bond donors (Lipinski definition) is 2. The van der Waals surface area contributed by atoms with Gasteiger partial charge in [-0.2, -0.15) is 27.1 Å². The van der Waals surface area contributed by atoms with Gasteiger partial charge >= 0.3 is 17.8 Å². The Morgan fingerprint density at radius 3 is 2.20 bits per heavy atom. The summed E-state index contributed by atoms with van der Waals surface area (Å²) in [7, 11) is 3.78. The monoisotopic (exact) mass is 502 g/mol. The van der Waals surface area contributed by atoms with Crippen LogP contribution in [0.4, 0.5) is 27.8 Å². The van der Waals surface area contributed by atoms with E-state index < -0.39 is 23.9 Å². The van der Waals surface area contributed by atoms with Gasteiger partial charge in [-0.05, 0) is 12.1 Å². The van der Waals surface area contributed by atoms with Gasteiger partial charge in [0, 0.05) is 38.0 Å². The van der Waals surface area contributed by atoms with Crippen LogP contribution in [0.1, 0.15) is 0 Å². The first-order chi connectivity index (χ1) is 16.3. The topological polar surface area (TPSA) is 145 Å². The second-order valence-corrected chi connectivity index (χ2v) is 6.87.